The Labute approximate surface area is 197 Å². The zero-order valence-corrected chi connectivity index (χ0v) is 18.7. The zero-order chi connectivity index (χ0) is 23.2. The molecule has 2 aromatic heterocycles. The van der Waals surface area contributed by atoms with Crippen LogP contribution in [0.15, 0.2) is 72.9 Å². The normalized spacial score (nSPS) is 13.6. The number of benzene rings is 2. The van der Waals surface area contributed by atoms with Gasteiger partial charge in [0.05, 0.1) is 19.8 Å². The van der Waals surface area contributed by atoms with Gasteiger partial charge in [0.1, 0.15) is 5.69 Å². The van der Waals surface area contributed by atoms with Gasteiger partial charge in [-0.05, 0) is 35.0 Å². The van der Waals surface area contributed by atoms with Crippen LogP contribution >= 0.6 is 0 Å². The molecule has 2 aromatic carbocycles. The fourth-order valence-corrected chi connectivity index (χ4v) is 3.78. The Balaban J connectivity index is 1.36. The predicted molar refractivity (Wildman–Crippen MR) is 130 cm³/mol. The molecule has 0 bridgehead atoms. The van der Waals surface area contributed by atoms with Gasteiger partial charge in [-0.15, -0.1) is 0 Å². The van der Waals surface area contributed by atoms with Gasteiger partial charge in [0.2, 0.25) is 11.8 Å². The van der Waals surface area contributed by atoms with E-state index in [-0.39, 0.29) is 11.6 Å². The van der Waals surface area contributed by atoms with E-state index in [4.69, 9.17) is 9.47 Å². The lowest BCUT2D eigenvalue weighted by Gasteiger charge is -2.27. The third-order valence-electron chi connectivity index (χ3n) is 5.56. The third kappa shape index (κ3) is 5.29. The molecular formula is C26H25N5O3. The van der Waals surface area contributed by atoms with Crippen molar-refractivity contribution >= 4 is 28.3 Å². The Morgan fingerprint density at radius 1 is 0.971 bits per heavy atom. The molecule has 172 valence electrons. The first-order valence-electron chi connectivity index (χ1n) is 11.3. The molecule has 1 aliphatic rings. The molecule has 5 rings (SSSR count). The summed E-state index contributed by atoms with van der Waals surface area (Å²) >= 11 is 0. The third-order valence-corrected chi connectivity index (χ3v) is 5.56. The Kier molecular flexibility index (Phi) is 6.58. The fraction of sp³-hybridized carbons (Fsp3) is 0.231. The van der Waals surface area contributed by atoms with E-state index >= 15 is 0 Å². The molecule has 34 heavy (non-hydrogen) atoms. The Morgan fingerprint density at radius 2 is 1.79 bits per heavy atom. The Bertz CT molecular complexity index is 1280. The lowest BCUT2D eigenvalue weighted by molar-refractivity contribution is 0.102. The molecule has 0 radical (unpaired) electrons. The minimum Gasteiger partial charge on any atom is -0.477 e. The number of pyridine rings is 1. The SMILES string of the molecule is O=C(Nc1ccc2ccccc2c1)c1cc(OCCc2ccccn2)nc(N2CCOCC2)n1. The first-order valence-corrected chi connectivity index (χ1v) is 11.3. The van der Waals surface area contributed by atoms with Gasteiger partial charge in [0.25, 0.3) is 5.91 Å². The van der Waals surface area contributed by atoms with E-state index in [0.717, 1.165) is 16.5 Å². The van der Waals surface area contributed by atoms with Gasteiger partial charge in [0.15, 0.2) is 0 Å². The van der Waals surface area contributed by atoms with Crippen molar-refractivity contribution in [3.63, 3.8) is 0 Å². The Hall–Kier alpha value is -4.04. The molecule has 8 heteroatoms. The molecule has 0 unspecified atom stereocenters. The van der Waals surface area contributed by atoms with Crippen molar-refractivity contribution in [1.29, 1.82) is 0 Å². The van der Waals surface area contributed by atoms with Gasteiger partial charge in [0, 0.05) is 43.2 Å². The van der Waals surface area contributed by atoms with Crippen LogP contribution in [0.3, 0.4) is 0 Å². The average molecular weight is 456 g/mol. The van der Waals surface area contributed by atoms with Crippen molar-refractivity contribution < 1.29 is 14.3 Å². The number of ether oxygens (including phenoxy) is 2. The smallest absolute Gasteiger partial charge is 0.274 e. The molecule has 0 aliphatic carbocycles. The largest absolute Gasteiger partial charge is 0.477 e. The molecule has 1 fully saturated rings. The number of aromatic nitrogens is 3. The number of rotatable bonds is 7. The van der Waals surface area contributed by atoms with E-state index in [1.165, 1.54) is 0 Å². The summed E-state index contributed by atoms with van der Waals surface area (Å²) in [4.78, 5) is 28.5. The van der Waals surface area contributed by atoms with Crippen LogP contribution in [0.1, 0.15) is 16.2 Å². The number of morpholine rings is 1. The highest BCUT2D eigenvalue weighted by Gasteiger charge is 2.19. The lowest BCUT2D eigenvalue weighted by Crippen LogP contribution is -2.37. The molecule has 1 aliphatic heterocycles. The van der Waals surface area contributed by atoms with Gasteiger partial charge >= 0.3 is 0 Å². The van der Waals surface area contributed by atoms with Crippen molar-refractivity contribution in [1.82, 2.24) is 15.0 Å². The molecule has 0 atom stereocenters. The number of amides is 1. The summed E-state index contributed by atoms with van der Waals surface area (Å²) in [6.45, 7) is 2.88. The van der Waals surface area contributed by atoms with Gasteiger partial charge in [-0.3, -0.25) is 9.78 Å². The second kappa shape index (κ2) is 10.3. The minimum absolute atomic E-state index is 0.248. The van der Waals surface area contributed by atoms with Gasteiger partial charge < -0.3 is 19.7 Å². The maximum absolute atomic E-state index is 13.1. The number of fused-ring (bicyclic) bond motifs is 1. The van der Waals surface area contributed by atoms with Crippen LogP contribution < -0.4 is 15.0 Å². The summed E-state index contributed by atoms with van der Waals surface area (Å²) in [5.74, 6) is 0.500. The second-order valence-electron chi connectivity index (χ2n) is 7.93. The molecule has 1 N–H and O–H groups in total. The Morgan fingerprint density at radius 3 is 2.62 bits per heavy atom. The lowest BCUT2D eigenvalue weighted by atomic mass is 10.1. The van der Waals surface area contributed by atoms with Crippen molar-refractivity contribution in [2.45, 2.75) is 6.42 Å². The maximum atomic E-state index is 13.1. The summed E-state index contributed by atoms with van der Waals surface area (Å²) < 4.78 is 11.4. The molecule has 1 amide bonds. The second-order valence-corrected chi connectivity index (χ2v) is 7.93. The van der Waals surface area contributed by atoms with E-state index in [9.17, 15) is 4.79 Å². The first kappa shape index (κ1) is 21.8. The number of nitrogens with one attached hydrogen (secondary N) is 1. The van der Waals surface area contributed by atoms with Crippen molar-refractivity contribution in [2.75, 3.05) is 43.1 Å². The first-order chi connectivity index (χ1) is 16.7. The van der Waals surface area contributed by atoms with Crippen LogP contribution in [0.25, 0.3) is 10.8 Å². The van der Waals surface area contributed by atoms with Crippen LogP contribution in [0.5, 0.6) is 5.88 Å². The highest BCUT2D eigenvalue weighted by molar-refractivity contribution is 6.04. The van der Waals surface area contributed by atoms with Crippen LogP contribution in [-0.2, 0) is 11.2 Å². The van der Waals surface area contributed by atoms with Crippen LogP contribution in [0.4, 0.5) is 11.6 Å². The van der Waals surface area contributed by atoms with E-state index in [2.05, 4.69) is 20.3 Å². The van der Waals surface area contributed by atoms with Crippen molar-refractivity contribution in [2.24, 2.45) is 0 Å². The monoisotopic (exact) mass is 455 g/mol. The highest BCUT2D eigenvalue weighted by atomic mass is 16.5. The number of anilines is 2. The van der Waals surface area contributed by atoms with Crippen LogP contribution in [0, 0.1) is 0 Å². The summed E-state index contributed by atoms with van der Waals surface area (Å²) in [7, 11) is 0. The van der Waals surface area contributed by atoms with Gasteiger partial charge in [-0.1, -0.05) is 36.4 Å². The van der Waals surface area contributed by atoms with Crippen LogP contribution in [-0.4, -0.2) is 53.8 Å². The number of nitrogens with zero attached hydrogens (tertiary/aromatic N) is 4. The maximum Gasteiger partial charge on any atom is 0.274 e. The van der Waals surface area contributed by atoms with Gasteiger partial charge in [-0.2, -0.15) is 4.98 Å². The summed E-state index contributed by atoms with van der Waals surface area (Å²) in [6.07, 6.45) is 2.39. The quantitative estimate of drug-likeness (QED) is 0.454. The minimum atomic E-state index is -0.318. The molecule has 3 heterocycles. The molecule has 4 aromatic rings. The zero-order valence-electron chi connectivity index (χ0n) is 18.7. The number of carbonyl (C=O) groups is 1. The fourth-order valence-electron chi connectivity index (χ4n) is 3.78. The number of hydrogen-bond donors (Lipinski definition) is 1. The van der Waals surface area contributed by atoms with Crippen molar-refractivity contribution in [3.8, 4) is 5.88 Å². The van der Waals surface area contributed by atoms with Gasteiger partial charge in [-0.25, -0.2) is 4.98 Å². The molecule has 0 saturated carbocycles. The molecule has 1 saturated heterocycles. The summed E-state index contributed by atoms with van der Waals surface area (Å²) in [5.41, 5.74) is 1.88. The molecule has 8 nitrogen and oxygen atoms in total. The predicted octanol–water partition coefficient (Wildman–Crippen LogP) is 3.74. The number of carbonyl (C=O) groups excluding carboxylic acids is 1. The van der Waals surface area contributed by atoms with Crippen molar-refractivity contribution in [3.05, 3.63) is 84.3 Å². The van der Waals surface area contributed by atoms with E-state index < -0.39 is 0 Å². The highest BCUT2D eigenvalue weighted by Crippen LogP contribution is 2.21. The molecule has 0 spiro atoms. The topological polar surface area (TPSA) is 89.5 Å². The summed E-state index contributed by atoms with van der Waals surface area (Å²) in [5, 5.41) is 5.11. The van der Waals surface area contributed by atoms with Crippen LogP contribution in [0.2, 0.25) is 0 Å². The van der Waals surface area contributed by atoms with E-state index in [0.29, 0.717) is 56.8 Å². The van der Waals surface area contributed by atoms with E-state index in [1.54, 1.807) is 12.3 Å². The van der Waals surface area contributed by atoms with E-state index in [1.807, 2.05) is 65.6 Å². The molecular weight excluding hydrogens is 430 g/mol. The number of hydrogen-bond acceptors (Lipinski definition) is 7. The average Bonchev–Trinajstić information content (AvgIpc) is 2.89. The standard InChI is InChI=1S/C26H25N5O3/c32-25(28-22-9-8-19-5-1-2-6-20(19)17-22)23-18-24(34-14-10-21-7-3-4-11-27-21)30-26(29-23)31-12-15-33-16-13-31/h1-9,11,17-18H,10,12-16H2,(H,28,32). The summed E-state index contributed by atoms with van der Waals surface area (Å²) in [6, 6.07) is 21.2.